The van der Waals surface area contributed by atoms with Gasteiger partial charge in [-0.3, -0.25) is 15.0 Å². The largest absolute Gasteiger partial charge is 0.352 e. The van der Waals surface area contributed by atoms with Crippen molar-refractivity contribution >= 4 is 34.2 Å². The Morgan fingerprint density at radius 3 is 2.91 bits per heavy atom. The van der Waals surface area contributed by atoms with Gasteiger partial charge in [0.2, 0.25) is 5.91 Å². The topological polar surface area (TPSA) is 76.0 Å². The smallest absolute Gasteiger partial charge is 0.252 e. The quantitative estimate of drug-likeness (QED) is 0.682. The minimum Gasteiger partial charge on any atom is -0.352 e. The number of hydrogen-bond acceptors (Lipinski definition) is 4. The summed E-state index contributed by atoms with van der Waals surface area (Å²) in [6.45, 7) is 0.465. The maximum Gasteiger partial charge on any atom is 0.252 e. The van der Waals surface area contributed by atoms with Crippen molar-refractivity contribution in [3.8, 4) is 0 Å². The Morgan fingerprint density at radius 2 is 2.09 bits per heavy atom. The summed E-state index contributed by atoms with van der Waals surface area (Å²) in [6, 6.07) is 9.35. The van der Waals surface area contributed by atoms with Crippen molar-refractivity contribution < 1.29 is 9.59 Å². The lowest BCUT2D eigenvalue weighted by Crippen LogP contribution is -2.26. The van der Waals surface area contributed by atoms with Crippen molar-refractivity contribution in [1.29, 1.82) is 0 Å². The molecule has 23 heavy (non-hydrogen) atoms. The Kier molecular flexibility index (Phi) is 4.68. The third kappa shape index (κ3) is 3.75. The number of carbonyl (C=O) groups excluding carboxylic acids is 2. The molecular weight excluding hydrogens is 312 g/mol. The highest BCUT2D eigenvalue weighted by atomic mass is 32.1. The van der Waals surface area contributed by atoms with Crippen molar-refractivity contribution in [3.05, 3.63) is 53.0 Å². The first kappa shape index (κ1) is 15.2. The Bertz CT molecular complexity index is 810. The summed E-state index contributed by atoms with van der Waals surface area (Å²) in [5, 5.41) is 6.45. The van der Waals surface area contributed by atoms with Crippen LogP contribution >= 0.6 is 11.3 Å². The third-order valence-electron chi connectivity index (χ3n) is 3.35. The zero-order chi connectivity index (χ0) is 16.1. The Morgan fingerprint density at radius 1 is 1.22 bits per heavy atom. The zero-order valence-electron chi connectivity index (χ0n) is 12.4. The molecule has 0 spiro atoms. The number of rotatable bonds is 6. The molecule has 3 rings (SSSR count). The highest BCUT2D eigenvalue weighted by Gasteiger charge is 2.07. The summed E-state index contributed by atoms with van der Waals surface area (Å²) in [5.74, 6) is -0.217. The van der Waals surface area contributed by atoms with E-state index >= 15 is 0 Å². The molecule has 118 valence electrons. The molecule has 2 amide bonds. The fourth-order valence-corrected chi connectivity index (χ4v) is 2.82. The minimum absolute atomic E-state index is 0.104. The number of hydrogen-bond donors (Lipinski definition) is 2. The summed E-state index contributed by atoms with van der Waals surface area (Å²) in [4.78, 5) is 27.9. The minimum atomic E-state index is -0.113. The molecule has 2 heterocycles. The van der Waals surface area contributed by atoms with E-state index in [-0.39, 0.29) is 11.8 Å². The van der Waals surface area contributed by atoms with Crippen LogP contribution in [0.15, 0.2) is 47.4 Å². The fraction of sp³-hybridized carbons (Fsp3) is 0.188. The van der Waals surface area contributed by atoms with E-state index in [1.165, 1.54) is 11.3 Å². The molecule has 0 aliphatic carbocycles. The number of amides is 2. The molecule has 0 bridgehead atoms. The molecular formula is C16H16N4O2S. The molecule has 3 aromatic rings. The normalized spacial score (nSPS) is 10.6. The predicted molar refractivity (Wildman–Crippen MR) is 90.0 cm³/mol. The van der Waals surface area contributed by atoms with Gasteiger partial charge in [-0.05, 0) is 30.0 Å². The molecule has 2 aromatic heterocycles. The zero-order valence-corrected chi connectivity index (χ0v) is 13.2. The number of carbonyl (C=O) groups is 2. The van der Waals surface area contributed by atoms with Gasteiger partial charge in [-0.15, -0.1) is 0 Å². The molecule has 6 nitrogen and oxygen atoms in total. The van der Waals surface area contributed by atoms with Crippen LogP contribution in [-0.2, 0) is 4.79 Å². The van der Waals surface area contributed by atoms with E-state index in [9.17, 15) is 9.59 Å². The van der Waals surface area contributed by atoms with E-state index < -0.39 is 0 Å². The average molecular weight is 328 g/mol. The monoisotopic (exact) mass is 328 g/mol. The van der Waals surface area contributed by atoms with Crippen LogP contribution in [0.4, 0.5) is 0 Å². The third-order valence-corrected chi connectivity index (χ3v) is 4.03. The van der Waals surface area contributed by atoms with Gasteiger partial charge in [0.05, 0.1) is 11.0 Å². The number of nitrogens with one attached hydrogen (secondary N) is 2. The van der Waals surface area contributed by atoms with Gasteiger partial charge in [0.25, 0.3) is 5.91 Å². The molecule has 0 aliphatic rings. The molecule has 0 radical (unpaired) electrons. The first-order chi connectivity index (χ1) is 11.2. The second-order valence-electron chi connectivity index (χ2n) is 5.01. The van der Waals surface area contributed by atoms with Crippen molar-refractivity contribution in [1.82, 2.24) is 15.0 Å². The van der Waals surface area contributed by atoms with Crippen LogP contribution in [0.1, 0.15) is 23.2 Å². The first-order valence-electron chi connectivity index (χ1n) is 7.26. The summed E-state index contributed by atoms with van der Waals surface area (Å²) in [5.41, 5.74) is 5.12. The van der Waals surface area contributed by atoms with Crippen LogP contribution in [0, 0.1) is 0 Å². The van der Waals surface area contributed by atoms with E-state index in [2.05, 4.69) is 15.7 Å². The number of nitrogens with zero attached hydrogens (tertiary/aromatic N) is 2. The fourth-order valence-electron chi connectivity index (χ4n) is 2.19. The van der Waals surface area contributed by atoms with Crippen LogP contribution in [-0.4, -0.2) is 28.0 Å². The van der Waals surface area contributed by atoms with Crippen LogP contribution in [0.5, 0.6) is 0 Å². The number of para-hydroxylation sites is 2. The highest BCUT2D eigenvalue weighted by molar-refractivity contribution is 7.08. The maximum atomic E-state index is 12.0. The SMILES string of the molecule is O=C(CCCNC(=O)c1ccsc1)Nn1cnc2ccccc21. The molecule has 7 heteroatoms. The lowest BCUT2D eigenvalue weighted by molar-refractivity contribution is -0.117. The molecule has 0 saturated carbocycles. The summed E-state index contributed by atoms with van der Waals surface area (Å²) in [7, 11) is 0. The second-order valence-corrected chi connectivity index (χ2v) is 5.79. The highest BCUT2D eigenvalue weighted by Crippen LogP contribution is 2.10. The second kappa shape index (κ2) is 7.06. The van der Waals surface area contributed by atoms with E-state index in [1.54, 1.807) is 22.4 Å². The predicted octanol–water partition coefficient (Wildman–Crippen LogP) is 2.38. The van der Waals surface area contributed by atoms with Gasteiger partial charge < -0.3 is 5.32 Å². The van der Waals surface area contributed by atoms with Crippen molar-refractivity contribution in [2.24, 2.45) is 0 Å². The van der Waals surface area contributed by atoms with E-state index in [0.29, 0.717) is 24.9 Å². The van der Waals surface area contributed by atoms with Crippen molar-refractivity contribution in [2.75, 3.05) is 12.0 Å². The molecule has 0 fully saturated rings. The van der Waals surface area contributed by atoms with E-state index in [1.807, 2.05) is 29.6 Å². The number of benzene rings is 1. The van der Waals surface area contributed by atoms with Crippen LogP contribution in [0.25, 0.3) is 11.0 Å². The summed E-state index contributed by atoms with van der Waals surface area (Å²) >= 11 is 1.48. The number of imidazole rings is 1. The summed E-state index contributed by atoms with van der Waals surface area (Å²) in [6.07, 6.45) is 2.49. The van der Waals surface area contributed by atoms with Gasteiger partial charge >= 0.3 is 0 Å². The Hall–Kier alpha value is -2.67. The molecule has 0 unspecified atom stereocenters. The van der Waals surface area contributed by atoms with E-state index in [4.69, 9.17) is 0 Å². The van der Waals surface area contributed by atoms with Crippen LogP contribution in [0.2, 0.25) is 0 Å². The standard InChI is InChI=1S/C16H16N4O2S/c21-15(6-3-8-17-16(22)12-7-9-23-10-12)19-20-11-18-13-4-1-2-5-14(13)20/h1-2,4-5,7,9-11H,3,6,8H2,(H,17,22)(H,19,21). The number of aromatic nitrogens is 2. The lowest BCUT2D eigenvalue weighted by Gasteiger charge is -2.07. The van der Waals surface area contributed by atoms with Gasteiger partial charge in [0.15, 0.2) is 0 Å². The van der Waals surface area contributed by atoms with Crippen LogP contribution in [0.3, 0.4) is 0 Å². The molecule has 1 aromatic carbocycles. The Balaban J connectivity index is 1.44. The summed E-state index contributed by atoms with van der Waals surface area (Å²) < 4.78 is 1.61. The van der Waals surface area contributed by atoms with Gasteiger partial charge in [-0.1, -0.05) is 12.1 Å². The molecule has 2 N–H and O–H groups in total. The van der Waals surface area contributed by atoms with Gasteiger partial charge in [-0.2, -0.15) is 11.3 Å². The molecule has 0 saturated heterocycles. The number of thiophene rings is 1. The average Bonchev–Trinajstić information content (AvgIpc) is 3.22. The molecule has 0 atom stereocenters. The van der Waals surface area contributed by atoms with Gasteiger partial charge in [-0.25, -0.2) is 9.66 Å². The Labute approximate surface area is 137 Å². The first-order valence-corrected chi connectivity index (χ1v) is 8.20. The van der Waals surface area contributed by atoms with Crippen molar-refractivity contribution in [2.45, 2.75) is 12.8 Å². The van der Waals surface area contributed by atoms with Crippen LogP contribution < -0.4 is 10.7 Å². The number of fused-ring (bicyclic) bond motifs is 1. The van der Waals surface area contributed by atoms with Crippen molar-refractivity contribution in [3.63, 3.8) is 0 Å². The van der Waals surface area contributed by atoms with Gasteiger partial charge in [0.1, 0.15) is 6.33 Å². The molecule has 0 aliphatic heterocycles. The maximum absolute atomic E-state index is 12.0. The van der Waals surface area contributed by atoms with E-state index in [0.717, 1.165) is 11.0 Å². The van der Waals surface area contributed by atoms with Gasteiger partial charge in [0, 0.05) is 23.9 Å². The lowest BCUT2D eigenvalue weighted by atomic mass is 10.2.